The van der Waals surface area contributed by atoms with E-state index in [-0.39, 0.29) is 18.1 Å². The quantitative estimate of drug-likeness (QED) is 0.364. The first-order valence-electron chi connectivity index (χ1n) is 11.2. The maximum absolute atomic E-state index is 12.9. The summed E-state index contributed by atoms with van der Waals surface area (Å²) in [6, 6.07) is 2.94. The number of nitrogens with one attached hydrogen (secondary N) is 2. The van der Waals surface area contributed by atoms with Gasteiger partial charge in [0.05, 0.1) is 35.5 Å². The van der Waals surface area contributed by atoms with Gasteiger partial charge in [0.1, 0.15) is 11.4 Å². The molecule has 2 atom stereocenters. The highest BCUT2D eigenvalue weighted by Gasteiger charge is 2.31. The number of anilines is 1. The summed E-state index contributed by atoms with van der Waals surface area (Å²) < 4.78 is 16.2. The largest absolute Gasteiger partial charge is 0.496 e. The first-order chi connectivity index (χ1) is 15.5. The van der Waals surface area contributed by atoms with E-state index in [1.165, 1.54) is 13.2 Å². The van der Waals surface area contributed by atoms with E-state index < -0.39 is 11.7 Å². The highest BCUT2D eigenvalue weighted by Crippen LogP contribution is 2.29. The minimum absolute atomic E-state index is 0.131. The molecule has 1 aromatic carbocycles. The first-order valence-corrected chi connectivity index (χ1v) is 11.6. The second-order valence-electron chi connectivity index (χ2n) is 9.15. The smallest absolute Gasteiger partial charge is 0.407 e. The maximum atomic E-state index is 12.9. The zero-order chi connectivity index (χ0) is 24.6. The number of alkyl carbamates (subject to hydrolysis) is 1. The Morgan fingerprint density at radius 1 is 1.24 bits per heavy atom. The summed E-state index contributed by atoms with van der Waals surface area (Å²) in [7, 11) is 3.14. The molecule has 186 valence electrons. The van der Waals surface area contributed by atoms with E-state index in [4.69, 9.17) is 31.5 Å². The first kappa shape index (κ1) is 27.0. The summed E-state index contributed by atoms with van der Waals surface area (Å²) in [6.07, 6.45) is 2.01. The van der Waals surface area contributed by atoms with Gasteiger partial charge in [0.2, 0.25) is 0 Å². The van der Waals surface area contributed by atoms with E-state index >= 15 is 0 Å². The Kier molecular flexibility index (Phi) is 10.1. The molecule has 1 aromatic rings. The Bertz CT molecular complexity index is 815. The number of nitrogen functional groups attached to an aromatic ring is 1. The molecule has 0 aliphatic carbocycles. The zero-order valence-electron chi connectivity index (χ0n) is 20.2. The lowest BCUT2D eigenvalue weighted by atomic mass is 10.0. The number of benzene rings is 1. The maximum Gasteiger partial charge on any atom is 0.407 e. The number of hydrogen-bond acceptors (Lipinski definition) is 7. The third kappa shape index (κ3) is 8.57. The molecule has 10 heteroatoms. The van der Waals surface area contributed by atoms with Crippen LogP contribution in [0.15, 0.2) is 12.1 Å². The fraction of sp³-hybridized carbons (Fsp3) is 0.652. The number of nitrogens with zero attached hydrogens (tertiary/aromatic N) is 1. The zero-order valence-corrected chi connectivity index (χ0v) is 21.0. The molecule has 0 saturated carbocycles. The van der Waals surface area contributed by atoms with Gasteiger partial charge in [-0.1, -0.05) is 11.6 Å². The summed E-state index contributed by atoms with van der Waals surface area (Å²) in [6.45, 7) is 8.52. The van der Waals surface area contributed by atoms with Crippen molar-refractivity contribution >= 4 is 29.3 Å². The molecule has 4 N–H and O–H groups in total. The number of methoxy groups -OCH3 is 2. The minimum Gasteiger partial charge on any atom is -0.496 e. The average Bonchev–Trinajstić information content (AvgIpc) is 2.74. The standard InChI is InChI=1S/C23H37ClN4O5/c1-23(2,3)33-22(30)26-9-6-7-10-28-11-8-18(20(14-28)32-5)27-21(29)15-12-16(24)17(25)13-19(15)31-4/h12-13,18,20H,6-11,14,25H2,1-5H3,(H,26,30)(H,27,29). The van der Waals surface area contributed by atoms with E-state index in [0.717, 1.165) is 32.4 Å². The van der Waals surface area contributed by atoms with Gasteiger partial charge in [-0.2, -0.15) is 0 Å². The van der Waals surface area contributed by atoms with Crippen molar-refractivity contribution in [2.45, 2.75) is 57.8 Å². The molecule has 0 radical (unpaired) electrons. The fourth-order valence-corrected chi connectivity index (χ4v) is 3.88. The van der Waals surface area contributed by atoms with Crippen LogP contribution in [-0.4, -0.2) is 75.0 Å². The summed E-state index contributed by atoms with van der Waals surface area (Å²) >= 11 is 6.10. The monoisotopic (exact) mass is 484 g/mol. The van der Waals surface area contributed by atoms with Gasteiger partial charge < -0.3 is 35.5 Å². The molecule has 1 fully saturated rings. The van der Waals surface area contributed by atoms with Gasteiger partial charge in [-0.05, 0) is 52.6 Å². The summed E-state index contributed by atoms with van der Waals surface area (Å²) in [5.41, 5.74) is 6.01. The number of unbranched alkanes of at least 4 members (excludes halogenated alkanes) is 1. The molecule has 9 nitrogen and oxygen atoms in total. The van der Waals surface area contributed by atoms with Gasteiger partial charge in [-0.25, -0.2) is 4.79 Å². The Labute approximate surface area is 201 Å². The average molecular weight is 485 g/mol. The number of ether oxygens (including phenoxy) is 3. The summed E-state index contributed by atoms with van der Waals surface area (Å²) in [5.74, 6) is 0.100. The molecule has 33 heavy (non-hydrogen) atoms. The third-order valence-corrected chi connectivity index (χ3v) is 5.72. The van der Waals surface area contributed by atoms with Crippen molar-refractivity contribution in [3.8, 4) is 5.75 Å². The van der Waals surface area contributed by atoms with Gasteiger partial charge in [-0.3, -0.25) is 4.79 Å². The molecular formula is C23H37ClN4O5. The second kappa shape index (κ2) is 12.3. The van der Waals surface area contributed by atoms with E-state index in [9.17, 15) is 9.59 Å². The van der Waals surface area contributed by atoms with Crippen LogP contribution in [0.2, 0.25) is 5.02 Å². The number of hydrogen-bond donors (Lipinski definition) is 3. The van der Waals surface area contributed by atoms with Crippen LogP contribution in [0.4, 0.5) is 10.5 Å². The Balaban J connectivity index is 1.80. The van der Waals surface area contributed by atoms with Crippen molar-refractivity contribution in [3.63, 3.8) is 0 Å². The summed E-state index contributed by atoms with van der Waals surface area (Å²) in [4.78, 5) is 26.9. The lowest BCUT2D eigenvalue weighted by Gasteiger charge is -2.38. The van der Waals surface area contributed by atoms with Gasteiger partial charge >= 0.3 is 6.09 Å². The molecule has 2 rings (SSSR count). The van der Waals surface area contributed by atoms with Crippen LogP contribution in [-0.2, 0) is 9.47 Å². The van der Waals surface area contributed by atoms with Gasteiger partial charge in [-0.15, -0.1) is 0 Å². The molecule has 1 aliphatic heterocycles. The van der Waals surface area contributed by atoms with Crippen LogP contribution in [0.25, 0.3) is 0 Å². The number of rotatable bonds is 9. The Morgan fingerprint density at radius 3 is 2.61 bits per heavy atom. The lowest BCUT2D eigenvalue weighted by molar-refractivity contribution is 0.00597. The van der Waals surface area contributed by atoms with Crippen LogP contribution in [0, 0.1) is 0 Å². The molecule has 1 heterocycles. The van der Waals surface area contributed by atoms with E-state index in [2.05, 4.69) is 15.5 Å². The molecule has 0 spiro atoms. The number of halogens is 1. The minimum atomic E-state index is -0.496. The van der Waals surface area contributed by atoms with Crippen LogP contribution >= 0.6 is 11.6 Å². The molecule has 1 saturated heterocycles. The van der Waals surface area contributed by atoms with E-state index in [1.54, 1.807) is 13.2 Å². The number of amides is 2. The molecule has 2 amide bonds. The third-order valence-electron chi connectivity index (χ3n) is 5.40. The van der Waals surface area contributed by atoms with Crippen molar-refractivity contribution in [1.29, 1.82) is 0 Å². The van der Waals surface area contributed by atoms with Crippen molar-refractivity contribution < 1.29 is 23.8 Å². The van der Waals surface area contributed by atoms with Gasteiger partial charge in [0, 0.05) is 32.8 Å². The highest BCUT2D eigenvalue weighted by molar-refractivity contribution is 6.33. The van der Waals surface area contributed by atoms with E-state index in [0.29, 0.717) is 35.1 Å². The normalized spacial score (nSPS) is 19.1. The molecule has 1 aliphatic rings. The number of likely N-dealkylation sites (tertiary alicyclic amines) is 1. The fourth-order valence-electron chi connectivity index (χ4n) is 3.71. The molecule has 0 bridgehead atoms. The van der Waals surface area contributed by atoms with Gasteiger partial charge in [0.25, 0.3) is 5.91 Å². The van der Waals surface area contributed by atoms with Crippen molar-refractivity contribution in [3.05, 3.63) is 22.7 Å². The van der Waals surface area contributed by atoms with Gasteiger partial charge in [0.15, 0.2) is 0 Å². The van der Waals surface area contributed by atoms with E-state index in [1.807, 2.05) is 20.8 Å². The highest BCUT2D eigenvalue weighted by atomic mass is 35.5. The number of piperidine rings is 1. The van der Waals surface area contributed by atoms with Crippen LogP contribution in [0.5, 0.6) is 5.75 Å². The number of carbonyl (C=O) groups excluding carboxylic acids is 2. The molecule has 2 unspecified atom stereocenters. The van der Waals surface area contributed by atoms with Crippen LogP contribution in [0.1, 0.15) is 50.4 Å². The van der Waals surface area contributed by atoms with Crippen LogP contribution in [0.3, 0.4) is 0 Å². The van der Waals surface area contributed by atoms with Crippen molar-refractivity contribution in [2.75, 3.05) is 46.1 Å². The predicted molar refractivity (Wildman–Crippen MR) is 129 cm³/mol. The topological polar surface area (TPSA) is 115 Å². The Morgan fingerprint density at radius 2 is 1.97 bits per heavy atom. The number of carbonyl (C=O) groups is 2. The lowest BCUT2D eigenvalue weighted by Crippen LogP contribution is -2.55. The Hall–Kier alpha value is -2.23. The number of nitrogens with two attached hydrogens (primary N) is 1. The second-order valence-corrected chi connectivity index (χ2v) is 9.56. The van der Waals surface area contributed by atoms with Crippen molar-refractivity contribution in [2.24, 2.45) is 0 Å². The summed E-state index contributed by atoms with van der Waals surface area (Å²) in [5, 5.41) is 6.14. The molecule has 0 aromatic heterocycles. The molecular weight excluding hydrogens is 448 g/mol. The predicted octanol–water partition coefficient (Wildman–Crippen LogP) is 3.05. The van der Waals surface area contributed by atoms with Crippen molar-refractivity contribution in [1.82, 2.24) is 15.5 Å². The van der Waals surface area contributed by atoms with Crippen LogP contribution < -0.4 is 21.1 Å². The SMILES string of the molecule is COc1cc(N)c(Cl)cc1C(=O)NC1CCN(CCCCNC(=O)OC(C)(C)C)CC1OC.